The van der Waals surface area contributed by atoms with Crippen LogP contribution in [0.5, 0.6) is 5.75 Å². The van der Waals surface area contributed by atoms with Crippen molar-refractivity contribution in [1.82, 2.24) is 9.97 Å². The highest BCUT2D eigenvalue weighted by molar-refractivity contribution is 6.35. The SMILES string of the molecule is Cc1cc2nc[nH]c2cc1NC(=O)COc1ccc(Cl)cc1C(=O)c1cc(Cl)cc(Cl)c1. The lowest BCUT2D eigenvalue weighted by Gasteiger charge is -2.13. The minimum atomic E-state index is -0.383. The van der Waals surface area contributed by atoms with Gasteiger partial charge in [0, 0.05) is 26.3 Å². The van der Waals surface area contributed by atoms with E-state index in [1.807, 2.05) is 13.0 Å². The number of nitrogens with zero attached hydrogens (tertiary/aromatic N) is 1. The van der Waals surface area contributed by atoms with E-state index in [4.69, 9.17) is 39.5 Å². The first-order chi connectivity index (χ1) is 15.3. The molecule has 0 fully saturated rings. The maximum absolute atomic E-state index is 13.0. The molecule has 0 radical (unpaired) electrons. The number of carbonyl (C=O) groups excluding carboxylic acids is 2. The highest BCUT2D eigenvalue weighted by atomic mass is 35.5. The monoisotopic (exact) mass is 487 g/mol. The number of H-pyrrole nitrogens is 1. The zero-order chi connectivity index (χ0) is 22.8. The summed E-state index contributed by atoms with van der Waals surface area (Å²) in [5.74, 6) is -0.551. The van der Waals surface area contributed by atoms with Crippen molar-refractivity contribution in [3.8, 4) is 5.75 Å². The van der Waals surface area contributed by atoms with Crippen molar-refractivity contribution < 1.29 is 14.3 Å². The molecule has 0 bridgehead atoms. The summed E-state index contributed by atoms with van der Waals surface area (Å²) in [4.78, 5) is 32.7. The van der Waals surface area contributed by atoms with Crippen molar-refractivity contribution in [3.05, 3.63) is 86.6 Å². The largest absolute Gasteiger partial charge is 0.483 e. The molecule has 9 heteroatoms. The van der Waals surface area contributed by atoms with Crippen LogP contribution in [0.25, 0.3) is 11.0 Å². The van der Waals surface area contributed by atoms with Gasteiger partial charge in [-0.15, -0.1) is 0 Å². The minimum Gasteiger partial charge on any atom is -0.483 e. The van der Waals surface area contributed by atoms with Crippen LogP contribution in [-0.4, -0.2) is 28.3 Å². The lowest BCUT2D eigenvalue weighted by atomic mass is 10.0. The second kappa shape index (κ2) is 9.20. The predicted molar refractivity (Wildman–Crippen MR) is 126 cm³/mol. The number of aromatic amines is 1. The molecule has 1 heterocycles. The number of fused-ring (bicyclic) bond motifs is 1. The molecule has 0 atom stereocenters. The average molecular weight is 489 g/mol. The summed E-state index contributed by atoms with van der Waals surface area (Å²) in [5.41, 5.74) is 3.58. The molecular weight excluding hydrogens is 473 g/mol. The molecule has 6 nitrogen and oxygen atoms in total. The van der Waals surface area contributed by atoms with Gasteiger partial charge in [-0.2, -0.15) is 0 Å². The summed E-state index contributed by atoms with van der Waals surface area (Å²) in [6.45, 7) is 1.56. The van der Waals surface area contributed by atoms with Crippen LogP contribution >= 0.6 is 34.8 Å². The van der Waals surface area contributed by atoms with Gasteiger partial charge in [0.1, 0.15) is 5.75 Å². The van der Waals surface area contributed by atoms with Gasteiger partial charge in [0.25, 0.3) is 5.91 Å². The summed E-state index contributed by atoms with van der Waals surface area (Å²) in [5, 5.41) is 3.82. The van der Waals surface area contributed by atoms with Crippen molar-refractivity contribution in [2.45, 2.75) is 6.92 Å². The molecule has 4 aromatic rings. The molecule has 1 amide bonds. The number of hydrogen-bond donors (Lipinski definition) is 2. The summed E-state index contributed by atoms with van der Waals surface area (Å²) in [6.07, 6.45) is 1.59. The van der Waals surface area contributed by atoms with Gasteiger partial charge in [0.2, 0.25) is 0 Å². The van der Waals surface area contributed by atoms with Gasteiger partial charge in [0.05, 0.1) is 22.9 Å². The summed E-state index contributed by atoms with van der Waals surface area (Å²) < 4.78 is 5.66. The Bertz CT molecular complexity index is 1330. The number of ether oxygens (including phenoxy) is 1. The highest BCUT2D eigenvalue weighted by Gasteiger charge is 2.18. The Morgan fingerprint density at radius 2 is 1.75 bits per heavy atom. The Morgan fingerprint density at radius 1 is 1.00 bits per heavy atom. The number of carbonyl (C=O) groups is 2. The third-order valence-electron chi connectivity index (χ3n) is 4.71. The normalized spacial score (nSPS) is 10.9. The summed E-state index contributed by atoms with van der Waals surface area (Å²) >= 11 is 18.1. The maximum atomic E-state index is 13.0. The number of benzene rings is 3. The van der Waals surface area contributed by atoms with Crippen LogP contribution in [-0.2, 0) is 4.79 Å². The first-order valence-corrected chi connectivity index (χ1v) is 10.6. The molecule has 0 spiro atoms. The van der Waals surface area contributed by atoms with Gasteiger partial charge in [-0.05, 0) is 61.0 Å². The van der Waals surface area contributed by atoms with Crippen LogP contribution < -0.4 is 10.1 Å². The van der Waals surface area contributed by atoms with Gasteiger partial charge in [-0.3, -0.25) is 9.59 Å². The summed E-state index contributed by atoms with van der Waals surface area (Å²) in [6, 6.07) is 12.8. The molecule has 162 valence electrons. The Morgan fingerprint density at radius 3 is 2.50 bits per heavy atom. The van der Waals surface area contributed by atoms with Gasteiger partial charge in [-0.25, -0.2) is 4.98 Å². The number of rotatable bonds is 6. The Labute approximate surface area is 198 Å². The van der Waals surface area contributed by atoms with E-state index in [0.717, 1.165) is 16.6 Å². The van der Waals surface area contributed by atoms with Crippen molar-refractivity contribution >= 4 is 63.2 Å². The number of hydrogen-bond acceptors (Lipinski definition) is 4. The molecule has 32 heavy (non-hydrogen) atoms. The average Bonchev–Trinajstić information content (AvgIpc) is 3.19. The third kappa shape index (κ3) is 4.88. The molecule has 0 aliphatic heterocycles. The van der Waals surface area contributed by atoms with Gasteiger partial charge in [0.15, 0.2) is 12.4 Å². The van der Waals surface area contributed by atoms with E-state index in [0.29, 0.717) is 20.8 Å². The standard InChI is InChI=1S/C23H16Cl3N3O3/c1-12-4-19-20(28-11-27-19)9-18(12)29-22(30)10-32-21-3-2-14(24)8-17(21)23(31)13-5-15(25)7-16(26)6-13/h2-9,11H,10H2,1H3,(H,27,28)(H,29,30). The van der Waals surface area contributed by atoms with E-state index < -0.39 is 0 Å². The van der Waals surface area contributed by atoms with E-state index >= 15 is 0 Å². The quantitative estimate of drug-likeness (QED) is 0.322. The molecule has 0 saturated carbocycles. The number of anilines is 1. The fourth-order valence-electron chi connectivity index (χ4n) is 3.20. The van der Waals surface area contributed by atoms with Crippen molar-refractivity contribution in [2.75, 3.05) is 11.9 Å². The Hall–Kier alpha value is -3.06. The minimum absolute atomic E-state index is 0.193. The van der Waals surface area contributed by atoms with E-state index in [1.54, 1.807) is 18.5 Å². The van der Waals surface area contributed by atoms with Crippen LogP contribution in [0.1, 0.15) is 21.5 Å². The summed E-state index contributed by atoms with van der Waals surface area (Å²) in [7, 11) is 0. The number of amides is 1. The number of halogens is 3. The molecule has 0 aliphatic carbocycles. The zero-order valence-corrected chi connectivity index (χ0v) is 19.0. The van der Waals surface area contributed by atoms with Gasteiger partial charge in [-0.1, -0.05) is 34.8 Å². The lowest BCUT2D eigenvalue weighted by molar-refractivity contribution is -0.118. The Kier molecular flexibility index (Phi) is 6.37. The van der Waals surface area contributed by atoms with E-state index in [1.165, 1.54) is 30.3 Å². The first kappa shape index (κ1) is 22.1. The van der Waals surface area contributed by atoms with Crippen LogP contribution in [0, 0.1) is 6.92 Å². The topological polar surface area (TPSA) is 84.1 Å². The van der Waals surface area contributed by atoms with Crippen LogP contribution in [0.2, 0.25) is 15.1 Å². The molecule has 0 aliphatic rings. The van der Waals surface area contributed by atoms with E-state index in [2.05, 4.69) is 15.3 Å². The van der Waals surface area contributed by atoms with Crippen LogP contribution in [0.3, 0.4) is 0 Å². The number of aryl methyl sites for hydroxylation is 1. The van der Waals surface area contributed by atoms with E-state index in [-0.39, 0.29) is 35.2 Å². The number of nitrogens with one attached hydrogen (secondary N) is 2. The molecular formula is C23H16Cl3N3O3. The van der Waals surface area contributed by atoms with Crippen LogP contribution in [0.4, 0.5) is 5.69 Å². The fraction of sp³-hybridized carbons (Fsp3) is 0.0870. The lowest BCUT2D eigenvalue weighted by Crippen LogP contribution is -2.21. The second-order valence-corrected chi connectivity index (χ2v) is 8.36. The predicted octanol–water partition coefficient (Wildman–Crippen LogP) is 6.08. The van der Waals surface area contributed by atoms with Crippen molar-refractivity contribution in [1.29, 1.82) is 0 Å². The fourth-order valence-corrected chi connectivity index (χ4v) is 3.89. The number of ketones is 1. The first-order valence-electron chi connectivity index (χ1n) is 9.47. The Balaban J connectivity index is 1.52. The van der Waals surface area contributed by atoms with Crippen LogP contribution in [0.15, 0.2) is 54.9 Å². The number of aromatic nitrogens is 2. The second-order valence-electron chi connectivity index (χ2n) is 7.05. The molecule has 1 aromatic heterocycles. The third-order valence-corrected chi connectivity index (χ3v) is 5.38. The molecule has 2 N–H and O–H groups in total. The van der Waals surface area contributed by atoms with Crippen molar-refractivity contribution in [3.63, 3.8) is 0 Å². The smallest absolute Gasteiger partial charge is 0.262 e. The van der Waals surface area contributed by atoms with Crippen molar-refractivity contribution in [2.24, 2.45) is 0 Å². The van der Waals surface area contributed by atoms with Gasteiger partial charge >= 0.3 is 0 Å². The zero-order valence-electron chi connectivity index (χ0n) is 16.7. The number of imidazole rings is 1. The van der Waals surface area contributed by atoms with E-state index in [9.17, 15) is 9.59 Å². The molecule has 0 saturated heterocycles. The maximum Gasteiger partial charge on any atom is 0.262 e. The highest BCUT2D eigenvalue weighted by Crippen LogP contribution is 2.28. The molecule has 4 rings (SSSR count). The molecule has 0 unspecified atom stereocenters. The van der Waals surface area contributed by atoms with Gasteiger partial charge < -0.3 is 15.0 Å². The molecule has 3 aromatic carbocycles.